The maximum Gasteiger partial charge on any atom is 0.189 e. The van der Waals surface area contributed by atoms with Crippen molar-refractivity contribution in [2.75, 3.05) is 6.54 Å². The van der Waals surface area contributed by atoms with E-state index in [1.54, 1.807) is 0 Å². The molecule has 0 fully saturated rings. The van der Waals surface area contributed by atoms with Crippen LogP contribution in [-0.4, -0.2) is 18.0 Å². The van der Waals surface area contributed by atoms with Gasteiger partial charge in [-0.3, -0.25) is 4.99 Å². The Morgan fingerprint density at radius 3 is 2.73 bits per heavy atom. The smallest absolute Gasteiger partial charge is 0.189 e. The van der Waals surface area contributed by atoms with E-state index in [1.807, 2.05) is 0 Å². The standard InChI is InChI=1S/C8H17N3/c1-3-5-8(4-2)6-10-7(9)11-8/h3-6H2,1-2H3,(H3,9,10,11). The molecule has 0 bridgehead atoms. The van der Waals surface area contributed by atoms with Gasteiger partial charge in [0.25, 0.3) is 0 Å². The molecule has 0 aromatic carbocycles. The molecule has 3 heteroatoms. The van der Waals surface area contributed by atoms with E-state index in [1.165, 1.54) is 6.42 Å². The third-order valence-electron chi connectivity index (χ3n) is 2.35. The number of nitrogens with two attached hydrogens (primary N) is 1. The monoisotopic (exact) mass is 155 g/mol. The Morgan fingerprint density at radius 2 is 2.36 bits per heavy atom. The third-order valence-corrected chi connectivity index (χ3v) is 2.35. The van der Waals surface area contributed by atoms with Gasteiger partial charge in [0, 0.05) is 0 Å². The van der Waals surface area contributed by atoms with Crippen molar-refractivity contribution >= 4 is 5.96 Å². The summed E-state index contributed by atoms with van der Waals surface area (Å²) in [6, 6.07) is 0. The van der Waals surface area contributed by atoms with E-state index < -0.39 is 0 Å². The molecule has 0 amide bonds. The average Bonchev–Trinajstić information content (AvgIpc) is 2.34. The lowest BCUT2D eigenvalue weighted by Crippen LogP contribution is -2.47. The number of guanidine groups is 1. The first kappa shape index (κ1) is 8.37. The van der Waals surface area contributed by atoms with E-state index in [4.69, 9.17) is 5.73 Å². The lowest BCUT2D eigenvalue weighted by molar-refractivity contribution is 0.365. The van der Waals surface area contributed by atoms with Crippen LogP contribution in [0, 0.1) is 0 Å². The number of nitrogens with zero attached hydrogens (tertiary/aromatic N) is 1. The molecule has 1 aliphatic rings. The molecule has 0 spiro atoms. The lowest BCUT2D eigenvalue weighted by atomic mass is 9.92. The van der Waals surface area contributed by atoms with E-state index >= 15 is 0 Å². The second-order valence-corrected chi connectivity index (χ2v) is 3.21. The van der Waals surface area contributed by atoms with Crippen LogP contribution < -0.4 is 11.1 Å². The zero-order valence-corrected chi connectivity index (χ0v) is 7.35. The first-order chi connectivity index (χ1) is 5.22. The number of nitrogens with one attached hydrogen (secondary N) is 1. The highest BCUT2D eigenvalue weighted by molar-refractivity contribution is 5.80. The Bertz CT molecular complexity index is 165. The van der Waals surface area contributed by atoms with E-state index in [9.17, 15) is 0 Å². The lowest BCUT2D eigenvalue weighted by Gasteiger charge is -2.27. The fourth-order valence-electron chi connectivity index (χ4n) is 1.58. The van der Waals surface area contributed by atoms with Crippen molar-refractivity contribution in [2.45, 2.75) is 38.6 Å². The first-order valence-corrected chi connectivity index (χ1v) is 4.30. The fraction of sp³-hybridized carbons (Fsp3) is 0.875. The highest BCUT2D eigenvalue weighted by atomic mass is 15.2. The quantitative estimate of drug-likeness (QED) is 0.635. The molecule has 1 rings (SSSR count). The van der Waals surface area contributed by atoms with E-state index in [2.05, 4.69) is 24.2 Å². The Labute approximate surface area is 68.1 Å². The number of hydrogen-bond donors (Lipinski definition) is 2. The molecule has 1 unspecified atom stereocenters. The molecule has 3 N–H and O–H groups in total. The summed E-state index contributed by atoms with van der Waals surface area (Å²) < 4.78 is 0. The Kier molecular flexibility index (Phi) is 2.37. The molecule has 0 saturated heterocycles. The number of aliphatic imine (C=N–C) groups is 1. The van der Waals surface area contributed by atoms with Gasteiger partial charge in [-0.1, -0.05) is 20.3 Å². The third kappa shape index (κ3) is 1.64. The van der Waals surface area contributed by atoms with Gasteiger partial charge in [-0.05, 0) is 12.8 Å². The minimum Gasteiger partial charge on any atom is -0.370 e. The molecular formula is C8H17N3. The van der Waals surface area contributed by atoms with Crippen molar-refractivity contribution in [1.82, 2.24) is 5.32 Å². The Morgan fingerprint density at radius 1 is 1.64 bits per heavy atom. The van der Waals surface area contributed by atoms with Gasteiger partial charge in [-0.2, -0.15) is 0 Å². The molecule has 0 radical (unpaired) electrons. The zero-order valence-electron chi connectivity index (χ0n) is 7.35. The number of rotatable bonds is 3. The van der Waals surface area contributed by atoms with Gasteiger partial charge in [0.05, 0.1) is 12.1 Å². The summed E-state index contributed by atoms with van der Waals surface area (Å²) in [6.45, 7) is 5.22. The molecule has 0 aliphatic carbocycles. The van der Waals surface area contributed by atoms with E-state index in [0.717, 1.165) is 19.4 Å². The molecule has 1 aliphatic heterocycles. The van der Waals surface area contributed by atoms with Crippen LogP contribution >= 0.6 is 0 Å². The van der Waals surface area contributed by atoms with Gasteiger partial charge in [0.1, 0.15) is 0 Å². The van der Waals surface area contributed by atoms with Crippen LogP contribution in [0.25, 0.3) is 0 Å². The van der Waals surface area contributed by atoms with Gasteiger partial charge in [0.15, 0.2) is 5.96 Å². The predicted octanol–water partition coefficient (Wildman–Crippen LogP) is 0.853. The molecule has 0 aromatic heterocycles. The highest BCUT2D eigenvalue weighted by Crippen LogP contribution is 2.20. The SMILES string of the molecule is CCCC1(CC)CN=C(N)N1. The van der Waals surface area contributed by atoms with E-state index in [0.29, 0.717) is 5.96 Å². The molecule has 64 valence electrons. The number of hydrogen-bond acceptors (Lipinski definition) is 3. The second kappa shape index (κ2) is 3.11. The molecule has 3 nitrogen and oxygen atoms in total. The van der Waals surface area contributed by atoms with Crippen LogP contribution in [0.15, 0.2) is 4.99 Å². The zero-order chi connectivity index (χ0) is 8.32. The molecule has 1 atom stereocenters. The Hall–Kier alpha value is -0.730. The van der Waals surface area contributed by atoms with Gasteiger partial charge < -0.3 is 11.1 Å². The van der Waals surface area contributed by atoms with Crippen LogP contribution in [0.5, 0.6) is 0 Å². The van der Waals surface area contributed by atoms with Crippen molar-refractivity contribution in [3.63, 3.8) is 0 Å². The van der Waals surface area contributed by atoms with Crippen LogP contribution in [-0.2, 0) is 0 Å². The summed E-state index contributed by atoms with van der Waals surface area (Å²) in [4.78, 5) is 4.16. The highest BCUT2D eigenvalue weighted by Gasteiger charge is 2.31. The topological polar surface area (TPSA) is 50.4 Å². The van der Waals surface area contributed by atoms with Crippen LogP contribution in [0.3, 0.4) is 0 Å². The second-order valence-electron chi connectivity index (χ2n) is 3.21. The summed E-state index contributed by atoms with van der Waals surface area (Å²) in [5.74, 6) is 0.611. The molecular weight excluding hydrogens is 138 g/mol. The average molecular weight is 155 g/mol. The Balaban J connectivity index is 2.52. The van der Waals surface area contributed by atoms with Crippen molar-refractivity contribution < 1.29 is 0 Å². The summed E-state index contributed by atoms with van der Waals surface area (Å²) in [6.07, 6.45) is 3.45. The van der Waals surface area contributed by atoms with Gasteiger partial charge in [-0.15, -0.1) is 0 Å². The normalized spacial score (nSPS) is 29.8. The van der Waals surface area contributed by atoms with Crippen molar-refractivity contribution in [3.05, 3.63) is 0 Å². The summed E-state index contributed by atoms with van der Waals surface area (Å²) in [5, 5.41) is 3.25. The largest absolute Gasteiger partial charge is 0.370 e. The van der Waals surface area contributed by atoms with Gasteiger partial charge in [0.2, 0.25) is 0 Å². The maximum atomic E-state index is 5.56. The van der Waals surface area contributed by atoms with Crippen molar-refractivity contribution in [1.29, 1.82) is 0 Å². The van der Waals surface area contributed by atoms with Crippen molar-refractivity contribution in [2.24, 2.45) is 10.7 Å². The molecule has 11 heavy (non-hydrogen) atoms. The predicted molar refractivity (Wildman–Crippen MR) is 47.6 cm³/mol. The first-order valence-electron chi connectivity index (χ1n) is 4.30. The van der Waals surface area contributed by atoms with Crippen molar-refractivity contribution in [3.8, 4) is 0 Å². The molecule has 0 saturated carbocycles. The molecule has 1 heterocycles. The summed E-state index contributed by atoms with van der Waals surface area (Å²) >= 11 is 0. The summed E-state index contributed by atoms with van der Waals surface area (Å²) in [7, 11) is 0. The minimum absolute atomic E-state index is 0.179. The minimum atomic E-state index is 0.179. The van der Waals surface area contributed by atoms with E-state index in [-0.39, 0.29) is 5.54 Å². The molecule has 0 aromatic rings. The van der Waals surface area contributed by atoms with Crippen LogP contribution in [0.1, 0.15) is 33.1 Å². The fourth-order valence-corrected chi connectivity index (χ4v) is 1.58. The van der Waals surface area contributed by atoms with Crippen LogP contribution in [0.4, 0.5) is 0 Å². The van der Waals surface area contributed by atoms with Gasteiger partial charge in [-0.25, -0.2) is 0 Å². The maximum absolute atomic E-state index is 5.56. The summed E-state index contributed by atoms with van der Waals surface area (Å²) in [5.41, 5.74) is 5.73. The van der Waals surface area contributed by atoms with Crippen LogP contribution in [0.2, 0.25) is 0 Å². The van der Waals surface area contributed by atoms with Gasteiger partial charge >= 0.3 is 0 Å².